The highest BCUT2D eigenvalue weighted by Crippen LogP contribution is 2.27. The molecule has 0 aliphatic heterocycles. The van der Waals surface area contributed by atoms with Crippen molar-refractivity contribution in [1.29, 1.82) is 0 Å². The van der Waals surface area contributed by atoms with Crippen molar-refractivity contribution in [3.05, 3.63) is 47.9 Å². The summed E-state index contributed by atoms with van der Waals surface area (Å²) < 4.78 is 27.9. The van der Waals surface area contributed by atoms with Gasteiger partial charge >= 0.3 is 0 Å². The fourth-order valence-corrected chi connectivity index (χ4v) is 3.58. The van der Waals surface area contributed by atoms with E-state index in [9.17, 15) is 13.6 Å². The number of tetrazole rings is 1. The van der Waals surface area contributed by atoms with E-state index >= 15 is 0 Å². The summed E-state index contributed by atoms with van der Waals surface area (Å²) in [6.07, 6.45) is 1.65. The van der Waals surface area contributed by atoms with E-state index in [1.54, 1.807) is 18.4 Å². The molecule has 0 saturated heterocycles. The first-order valence-corrected chi connectivity index (χ1v) is 9.49. The Kier molecular flexibility index (Phi) is 5.91. The molecule has 1 N–H and O–H groups in total. The van der Waals surface area contributed by atoms with Crippen molar-refractivity contribution in [2.45, 2.75) is 23.9 Å². The van der Waals surface area contributed by atoms with Crippen molar-refractivity contribution in [2.75, 3.05) is 5.32 Å². The lowest BCUT2D eigenvalue weighted by Gasteiger charge is -2.09. The summed E-state index contributed by atoms with van der Waals surface area (Å²) in [7, 11) is 0. The van der Waals surface area contributed by atoms with E-state index in [0.29, 0.717) is 28.1 Å². The third-order valence-corrected chi connectivity index (χ3v) is 5.23. The average molecular weight is 408 g/mol. The molecule has 1 unspecified atom stereocenters. The average Bonchev–Trinajstić information content (AvgIpc) is 3.27. The third kappa shape index (κ3) is 4.55. The summed E-state index contributed by atoms with van der Waals surface area (Å²) in [5, 5.41) is 16.0. The Labute approximate surface area is 161 Å². The lowest BCUT2D eigenvalue weighted by atomic mass is 10.2. The highest BCUT2D eigenvalue weighted by molar-refractivity contribution is 8.00. The lowest BCUT2D eigenvalue weighted by Crippen LogP contribution is -2.22. The van der Waals surface area contributed by atoms with Gasteiger partial charge < -0.3 is 5.32 Å². The zero-order valence-corrected chi connectivity index (χ0v) is 15.7. The van der Waals surface area contributed by atoms with Crippen LogP contribution in [0.2, 0.25) is 0 Å². The quantitative estimate of drug-likeness (QED) is 0.477. The van der Waals surface area contributed by atoms with E-state index in [4.69, 9.17) is 0 Å². The van der Waals surface area contributed by atoms with Crippen LogP contribution in [0.5, 0.6) is 0 Å². The highest BCUT2D eigenvalue weighted by Gasteiger charge is 2.19. The SMILES string of the molecule is C=CCn1nnnc1SC(C)C(=O)Nc1nc(-c2ccc(F)c(F)c2)cs1. The van der Waals surface area contributed by atoms with Gasteiger partial charge in [-0.1, -0.05) is 17.8 Å². The maximum Gasteiger partial charge on any atom is 0.239 e. The van der Waals surface area contributed by atoms with Crippen LogP contribution in [0.1, 0.15) is 6.92 Å². The first-order chi connectivity index (χ1) is 13.0. The second-order valence-corrected chi connectivity index (χ2v) is 7.51. The smallest absolute Gasteiger partial charge is 0.239 e. The van der Waals surface area contributed by atoms with E-state index in [2.05, 4.69) is 32.4 Å². The number of aromatic nitrogens is 5. The zero-order chi connectivity index (χ0) is 19.4. The van der Waals surface area contributed by atoms with Gasteiger partial charge in [-0.2, -0.15) is 0 Å². The molecule has 0 aliphatic rings. The third-order valence-electron chi connectivity index (χ3n) is 3.40. The largest absolute Gasteiger partial charge is 0.301 e. The molecule has 1 aromatic carbocycles. The minimum absolute atomic E-state index is 0.278. The fraction of sp³-hybridized carbons (Fsp3) is 0.188. The van der Waals surface area contributed by atoms with Crippen molar-refractivity contribution >= 4 is 34.1 Å². The van der Waals surface area contributed by atoms with Gasteiger partial charge in [0.1, 0.15) is 0 Å². The molecule has 0 spiro atoms. The number of amides is 1. The first kappa shape index (κ1) is 19.1. The Hall–Kier alpha value is -2.66. The number of hydrogen-bond donors (Lipinski definition) is 1. The van der Waals surface area contributed by atoms with Crippen molar-refractivity contribution in [3.8, 4) is 11.3 Å². The molecule has 0 saturated carbocycles. The Bertz CT molecular complexity index is 973. The van der Waals surface area contributed by atoms with Gasteiger partial charge in [0.15, 0.2) is 16.8 Å². The van der Waals surface area contributed by atoms with Crippen LogP contribution >= 0.6 is 23.1 Å². The molecule has 11 heteroatoms. The number of nitrogens with one attached hydrogen (secondary N) is 1. The molecule has 27 heavy (non-hydrogen) atoms. The standard InChI is InChI=1S/C16H14F2N6OS2/c1-3-6-24-16(21-22-23-24)27-9(2)14(25)20-15-19-13(8-26-15)10-4-5-11(17)12(18)7-10/h3-5,7-9H,1,6H2,2H3,(H,19,20,25). The number of hydrogen-bond acceptors (Lipinski definition) is 7. The lowest BCUT2D eigenvalue weighted by molar-refractivity contribution is -0.115. The number of allylic oxidation sites excluding steroid dienone is 1. The molecule has 0 aliphatic carbocycles. The van der Waals surface area contributed by atoms with Gasteiger partial charge in [0.2, 0.25) is 11.1 Å². The molecule has 1 atom stereocenters. The second kappa shape index (κ2) is 8.35. The molecule has 0 bridgehead atoms. The van der Waals surface area contributed by atoms with E-state index in [1.165, 1.54) is 33.8 Å². The number of nitrogens with zero attached hydrogens (tertiary/aromatic N) is 5. The highest BCUT2D eigenvalue weighted by atomic mass is 32.2. The summed E-state index contributed by atoms with van der Waals surface area (Å²) in [4.78, 5) is 16.6. The predicted molar refractivity (Wildman–Crippen MR) is 99.4 cm³/mol. The molecule has 0 fully saturated rings. The van der Waals surface area contributed by atoms with Crippen LogP contribution in [0.15, 0.2) is 41.4 Å². The Balaban J connectivity index is 1.65. The topological polar surface area (TPSA) is 85.6 Å². The summed E-state index contributed by atoms with van der Waals surface area (Å²) in [5.74, 6) is -2.15. The van der Waals surface area contributed by atoms with Gasteiger partial charge in [-0.05, 0) is 35.5 Å². The Morgan fingerprint density at radius 3 is 3.00 bits per heavy atom. The number of carbonyl (C=O) groups excluding carboxylic acids is 1. The van der Waals surface area contributed by atoms with Gasteiger partial charge in [-0.25, -0.2) is 18.4 Å². The Morgan fingerprint density at radius 2 is 2.26 bits per heavy atom. The van der Waals surface area contributed by atoms with E-state index in [0.717, 1.165) is 12.1 Å². The monoisotopic (exact) mass is 408 g/mol. The number of anilines is 1. The van der Waals surface area contributed by atoms with Gasteiger partial charge in [-0.3, -0.25) is 4.79 Å². The van der Waals surface area contributed by atoms with Gasteiger partial charge in [-0.15, -0.1) is 23.0 Å². The number of rotatable bonds is 7. The number of thiazole rings is 1. The van der Waals surface area contributed by atoms with Crippen molar-refractivity contribution in [1.82, 2.24) is 25.2 Å². The minimum atomic E-state index is -0.951. The molecule has 2 heterocycles. The summed E-state index contributed by atoms with van der Waals surface area (Å²) >= 11 is 2.40. The van der Waals surface area contributed by atoms with E-state index < -0.39 is 16.9 Å². The molecule has 0 radical (unpaired) electrons. The summed E-state index contributed by atoms with van der Waals surface area (Å²) in [6.45, 7) is 5.79. The van der Waals surface area contributed by atoms with Crippen LogP contribution < -0.4 is 5.32 Å². The molecular weight excluding hydrogens is 394 g/mol. The number of thioether (sulfide) groups is 1. The molecule has 2 aromatic heterocycles. The van der Waals surface area contributed by atoms with Crippen molar-refractivity contribution in [2.24, 2.45) is 0 Å². The van der Waals surface area contributed by atoms with E-state index in [-0.39, 0.29) is 5.91 Å². The van der Waals surface area contributed by atoms with Gasteiger partial charge in [0.05, 0.1) is 17.5 Å². The second-order valence-electron chi connectivity index (χ2n) is 5.35. The first-order valence-electron chi connectivity index (χ1n) is 7.73. The van der Waals surface area contributed by atoms with Gasteiger partial charge in [0.25, 0.3) is 0 Å². The predicted octanol–water partition coefficient (Wildman–Crippen LogP) is 3.38. The zero-order valence-electron chi connectivity index (χ0n) is 14.1. The van der Waals surface area contributed by atoms with Crippen LogP contribution in [-0.4, -0.2) is 36.3 Å². The molecule has 7 nitrogen and oxygen atoms in total. The molecule has 1 amide bonds. The Morgan fingerprint density at radius 1 is 1.44 bits per heavy atom. The number of carbonyl (C=O) groups is 1. The maximum absolute atomic E-state index is 13.4. The van der Waals surface area contributed by atoms with Crippen LogP contribution in [0.3, 0.4) is 0 Å². The minimum Gasteiger partial charge on any atom is -0.301 e. The number of benzene rings is 1. The van der Waals surface area contributed by atoms with Crippen molar-refractivity contribution in [3.63, 3.8) is 0 Å². The van der Waals surface area contributed by atoms with Gasteiger partial charge in [0, 0.05) is 10.9 Å². The number of halogens is 2. The molecule has 140 valence electrons. The molecule has 3 rings (SSSR count). The molecule has 3 aromatic rings. The van der Waals surface area contributed by atoms with Crippen molar-refractivity contribution < 1.29 is 13.6 Å². The fourth-order valence-electron chi connectivity index (χ4n) is 2.06. The van der Waals surface area contributed by atoms with Crippen LogP contribution in [0.4, 0.5) is 13.9 Å². The van der Waals surface area contributed by atoms with Crippen LogP contribution in [0.25, 0.3) is 11.3 Å². The maximum atomic E-state index is 13.4. The summed E-state index contributed by atoms with van der Waals surface area (Å²) in [5.41, 5.74) is 0.876. The van der Waals surface area contributed by atoms with Crippen LogP contribution in [0, 0.1) is 11.6 Å². The summed E-state index contributed by atoms with van der Waals surface area (Å²) in [6, 6.07) is 3.53. The van der Waals surface area contributed by atoms with Crippen LogP contribution in [-0.2, 0) is 11.3 Å². The molecular formula is C16H14F2N6OS2. The van der Waals surface area contributed by atoms with E-state index in [1.807, 2.05) is 0 Å². The normalized spacial score (nSPS) is 12.0.